The summed E-state index contributed by atoms with van der Waals surface area (Å²) in [6, 6.07) is 7.92. The van der Waals surface area contributed by atoms with Gasteiger partial charge < -0.3 is 24.3 Å². The van der Waals surface area contributed by atoms with Gasteiger partial charge in [0.15, 0.2) is 0 Å². The highest BCUT2D eigenvalue weighted by atomic mass is 19.3. The van der Waals surface area contributed by atoms with Crippen molar-refractivity contribution in [3.8, 4) is 22.6 Å². The number of halogens is 3. The molecule has 3 saturated heterocycles. The first kappa shape index (κ1) is 36.5. The van der Waals surface area contributed by atoms with E-state index in [0.717, 1.165) is 28.7 Å². The Labute approximate surface area is 297 Å². The quantitative estimate of drug-likeness (QED) is 0.318. The molecule has 274 valence electrons. The maximum atomic E-state index is 15.9. The lowest BCUT2D eigenvalue weighted by molar-refractivity contribution is -0.129. The Bertz CT molecular complexity index is 1840. The third kappa shape index (κ3) is 7.53. The number of carbonyl (C=O) groups excluding carboxylic acids is 1. The van der Waals surface area contributed by atoms with Crippen LogP contribution in [0.15, 0.2) is 53.6 Å². The Hall–Kier alpha value is -4.29. The number of piperazine rings is 1. The van der Waals surface area contributed by atoms with E-state index in [1.165, 1.54) is 6.07 Å². The van der Waals surface area contributed by atoms with E-state index in [4.69, 9.17) is 9.47 Å². The number of nitrogens with zero attached hydrogens (tertiary/aromatic N) is 4. The van der Waals surface area contributed by atoms with Gasteiger partial charge in [-0.15, -0.1) is 0 Å². The molecule has 0 saturated carbocycles. The Morgan fingerprint density at radius 3 is 2.25 bits per heavy atom. The summed E-state index contributed by atoms with van der Waals surface area (Å²) < 4.78 is 60.2. The van der Waals surface area contributed by atoms with Crippen molar-refractivity contribution in [3.63, 3.8) is 0 Å². The molecular formula is C39H48F3N5O4. The molecule has 3 aromatic rings. The number of piperidine rings is 2. The van der Waals surface area contributed by atoms with E-state index < -0.39 is 18.5 Å². The summed E-state index contributed by atoms with van der Waals surface area (Å²) in [5.74, 6) is -2.56. The zero-order valence-corrected chi connectivity index (χ0v) is 30.2. The summed E-state index contributed by atoms with van der Waals surface area (Å²) in [5, 5.41) is 2.78. The first-order valence-corrected chi connectivity index (χ1v) is 17.6. The molecule has 3 aliphatic rings. The molecular weight excluding hydrogens is 659 g/mol. The van der Waals surface area contributed by atoms with E-state index in [9.17, 15) is 9.59 Å². The molecule has 0 radical (unpaired) electrons. The molecule has 0 spiro atoms. The second kappa shape index (κ2) is 14.7. The smallest absolute Gasteiger partial charge is 0.275 e. The summed E-state index contributed by atoms with van der Waals surface area (Å²) in [7, 11) is 4.82. The zero-order chi connectivity index (χ0) is 36.6. The number of hydrogen-bond donors (Lipinski definition) is 1. The van der Waals surface area contributed by atoms with Crippen LogP contribution in [-0.2, 0) is 24.8 Å². The first-order chi connectivity index (χ1) is 24.3. The van der Waals surface area contributed by atoms with Crippen molar-refractivity contribution in [2.24, 2.45) is 13.0 Å². The summed E-state index contributed by atoms with van der Waals surface area (Å²) >= 11 is 0. The van der Waals surface area contributed by atoms with Crippen molar-refractivity contribution >= 4 is 11.6 Å². The lowest BCUT2D eigenvalue weighted by atomic mass is 9.90. The first-order valence-electron chi connectivity index (χ1n) is 17.6. The Morgan fingerprint density at radius 2 is 1.65 bits per heavy atom. The molecule has 0 bridgehead atoms. The fraction of sp³-hybridized carbons (Fsp3) is 0.487. The van der Waals surface area contributed by atoms with Crippen molar-refractivity contribution < 1.29 is 27.4 Å². The predicted molar refractivity (Wildman–Crippen MR) is 192 cm³/mol. The molecule has 1 amide bonds. The number of ether oxygens (including phenoxy) is 2. The van der Waals surface area contributed by atoms with Crippen LogP contribution in [0.25, 0.3) is 11.1 Å². The molecule has 9 nitrogen and oxygen atoms in total. The second-order valence-corrected chi connectivity index (χ2v) is 14.2. The highest BCUT2D eigenvalue weighted by Gasteiger charge is 2.48. The molecule has 1 aromatic heterocycles. The number of aryl methyl sites for hydroxylation is 1. The summed E-state index contributed by atoms with van der Waals surface area (Å²) in [6.07, 6.45) is 3.94. The van der Waals surface area contributed by atoms with E-state index in [-0.39, 0.29) is 36.2 Å². The molecule has 2 aromatic carbocycles. The minimum absolute atomic E-state index is 0.0621. The number of allylic oxidation sites excluding steroid dienone is 1. The Kier molecular flexibility index (Phi) is 10.6. The minimum Gasteiger partial charge on any atom is -0.496 e. The lowest BCUT2D eigenvalue weighted by Crippen LogP contribution is -2.61. The molecule has 2 atom stereocenters. The van der Waals surface area contributed by atoms with Gasteiger partial charge in [0.1, 0.15) is 17.3 Å². The predicted octanol–water partition coefficient (Wildman–Crippen LogP) is 5.44. The number of anilines is 1. The van der Waals surface area contributed by atoms with Crippen LogP contribution < -0.4 is 25.2 Å². The average Bonchev–Trinajstić information content (AvgIpc) is 3.10. The number of pyridine rings is 1. The van der Waals surface area contributed by atoms with Crippen LogP contribution >= 0.6 is 0 Å². The van der Waals surface area contributed by atoms with Gasteiger partial charge in [0, 0.05) is 75.3 Å². The van der Waals surface area contributed by atoms with Crippen LogP contribution in [0.4, 0.5) is 18.9 Å². The third-order valence-corrected chi connectivity index (χ3v) is 10.9. The van der Waals surface area contributed by atoms with Gasteiger partial charge in [0.05, 0.1) is 38.1 Å². The van der Waals surface area contributed by atoms with Crippen LogP contribution in [-0.4, -0.2) is 85.7 Å². The monoisotopic (exact) mass is 707 g/mol. The number of amides is 1. The number of rotatable bonds is 9. The fourth-order valence-corrected chi connectivity index (χ4v) is 7.88. The van der Waals surface area contributed by atoms with Crippen molar-refractivity contribution in [1.29, 1.82) is 0 Å². The fourth-order valence-electron chi connectivity index (χ4n) is 7.88. The van der Waals surface area contributed by atoms with Crippen LogP contribution in [0, 0.1) is 25.6 Å². The largest absolute Gasteiger partial charge is 0.496 e. The van der Waals surface area contributed by atoms with Crippen LogP contribution in [0.1, 0.15) is 41.5 Å². The number of carbonyl (C=O) groups is 1. The van der Waals surface area contributed by atoms with E-state index in [2.05, 4.69) is 11.9 Å². The number of alkyl halides is 2. The average molecular weight is 708 g/mol. The van der Waals surface area contributed by atoms with E-state index in [1.54, 1.807) is 49.9 Å². The topological polar surface area (TPSA) is 79.3 Å². The van der Waals surface area contributed by atoms with Crippen molar-refractivity contribution in [3.05, 3.63) is 87.2 Å². The van der Waals surface area contributed by atoms with Crippen molar-refractivity contribution in [1.82, 2.24) is 19.7 Å². The molecule has 6 rings (SSSR count). The number of aromatic nitrogens is 1. The Morgan fingerprint density at radius 1 is 0.961 bits per heavy atom. The van der Waals surface area contributed by atoms with Crippen molar-refractivity contribution in [2.75, 3.05) is 58.4 Å². The number of methoxy groups -OCH3 is 2. The van der Waals surface area contributed by atoms with Gasteiger partial charge in [-0.25, -0.2) is 13.2 Å². The molecule has 12 heteroatoms. The van der Waals surface area contributed by atoms with Crippen LogP contribution in [0.3, 0.4) is 0 Å². The minimum atomic E-state index is -2.96. The molecule has 0 unspecified atom stereocenters. The number of hydrogen-bond acceptors (Lipinski definition) is 7. The van der Waals surface area contributed by atoms with Gasteiger partial charge in [0.2, 0.25) is 5.91 Å². The molecule has 3 fully saturated rings. The number of nitrogens with one attached hydrogen (secondary N) is 1. The molecule has 51 heavy (non-hydrogen) atoms. The maximum Gasteiger partial charge on any atom is 0.275 e. The molecule has 4 heterocycles. The van der Waals surface area contributed by atoms with Gasteiger partial charge >= 0.3 is 0 Å². The van der Waals surface area contributed by atoms with Gasteiger partial charge in [-0.2, -0.15) is 0 Å². The standard InChI is InChI=1S/C39H48F3N5O4/c1-24-7-9-28(37(48)43-24)17-27-8-10-33(32(40)18-27)46-13-15-47(16-14-46)36-11-12-45(23-39(36,41)42)22-31-34(50-5)19-29(20-35(31)51-6)30-21-44(4)38(49)26(3)25(30)2/h8,10,18-21,28,36H,1,7,9,11-17,22-23H2,2-6H3,(H,43,48)/t28-,36-/m1/s1. The van der Waals surface area contributed by atoms with Gasteiger partial charge in [-0.05, 0) is 80.5 Å². The van der Waals surface area contributed by atoms with E-state index in [1.807, 2.05) is 34.9 Å². The molecule has 0 aliphatic carbocycles. The molecule has 3 aliphatic heterocycles. The van der Waals surface area contributed by atoms with Gasteiger partial charge in [-0.3, -0.25) is 19.4 Å². The zero-order valence-electron chi connectivity index (χ0n) is 30.2. The third-order valence-electron chi connectivity index (χ3n) is 10.9. The highest BCUT2D eigenvalue weighted by Crippen LogP contribution is 2.39. The van der Waals surface area contributed by atoms with Gasteiger partial charge in [0.25, 0.3) is 11.5 Å². The number of likely N-dealkylation sites (tertiary alicyclic amines) is 1. The maximum absolute atomic E-state index is 15.9. The molecule has 1 N–H and O–H groups in total. The normalized spacial score (nSPS) is 21.5. The summed E-state index contributed by atoms with van der Waals surface area (Å²) in [4.78, 5) is 30.3. The summed E-state index contributed by atoms with van der Waals surface area (Å²) in [6.45, 7) is 9.49. The van der Waals surface area contributed by atoms with Crippen molar-refractivity contribution in [2.45, 2.75) is 58.0 Å². The van der Waals surface area contributed by atoms with Crippen LogP contribution in [0.5, 0.6) is 11.5 Å². The second-order valence-electron chi connectivity index (χ2n) is 14.2. The van der Waals surface area contributed by atoms with Crippen LogP contribution in [0.2, 0.25) is 0 Å². The SMILES string of the molecule is C=C1CC[C@H](Cc2ccc(N3CCN([C@@H]4CCN(Cc5c(OC)cc(-c6cn(C)c(=O)c(C)c6C)cc5OC)CC4(F)F)CC3)c(F)c2)C(=O)N1. The Balaban J connectivity index is 1.09. The van der Waals surface area contributed by atoms with Gasteiger partial charge in [-0.1, -0.05) is 12.6 Å². The van der Waals surface area contributed by atoms with E-state index in [0.29, 0.717) is 79.6 Å². The lowest BCUT2D eigenvalue weighted by Gasteiger charge is -2.46. The van der Waals surface area contributed by atoms with E-state index >= 15 is 13.2 Å². The highest BCUT2D eigenvalue weighted by molar-refractivity contribution is 5.81. The summed E-state index contributed by atoms with van der Waals surface area (Å²) in [5.41, 5.74) is 5.74. The number of benzene rings is 2.